The molecule has 3 fully saturated rings. The highest BCUT2D eigenvalue weighted by Crippen LogP contribution is 2.56. The van der Waals surface area contributed by atoms with Crippen LogP contribution in [-0.2, 0) is 19.1 Å². The Hall–Kier alpha value is -3.48. The molecule has 7 heteroatoms. The average Bonchev–Trinajstić information content (AvgIpc) is 3.48. The topological polar surface area (TPSA) is 92.8 Å². The highest BCUT2D eigenvalue weighted by molar-refractivity contribution is 6.22. The van der Waals surface area contributed by atoms with Crippen molar-refractivity contribution < 1.29 is 23.9 Å². The van der Waals surface area contributed by atoms with Crippen molar-refractivity contribution in [1.82, 2.24) is 0 Å². The Morgan fingerprint density at radius 2 is 1.61 bits per heavy atom. The van der Waals surface area contributed by atoms with E-state index < -0.39 is 18.5 Å². The van der Waals surface area contributed by atoms with E-state index in [-0.39, 0.29) is 29.2 Å². The summed E-state index contributed by atoms with van der Waals surface area (Å²) in [6.45, 7) is 3.40. The molecule has 0 radical (unpaired) electrons. The van der Waals surface area contributed by atoms with Crippen LogP contribution in [0.1, 0.15) is 40.7 Å². The van der Waals surface area contributed by atoms with Crippen LogP contribution in [0.5, 0.6) is 0 Å². The lowest BCUT2D eigenvalue weighted by Gasteiger charge is -2.19. The lowest BCUT2D eigenvalue weighted by atomic mass is 9.81. The SMILES string of the molecule is Cc1ccc(C)c(NC(=O)COC(=O)c2ccc(N3C(=O)[C@H]4[C@H]5CC[C@@H](C5)[C@@H]4C3=O)cc2)c1. The summed E-state index contributed by atoms with van der Waals surface area (Å²) in [6, 6.07) is 11.9. The van der Waals surface area contributed by atoms with Gasteiger partial charge in [-0.05, 0) is 86.4 Å². The molecule has 0 spiro atoms. The van der Waals surface area contributed by atoms with Crippen LogP contribution in [0.25, 0.3) is 0 Å². The molecule has 1 N–H and O–H groups in total. The van der Waals surface area contributed by atoms with Gasteiger partial charge in [0.15, 0.2) is 6.61 Å². The van der Waals surface area contributed by atoms with E-state index in [9.17, 15) is 19.2 Å². The van der Waals surface area contributed by atoms with Gasteiger partial charge in [-0.1, -0.05) is 12.1 Å². The number of hydrogen-bond donors (Lipinski definition) is 1. The standard InChI is InChI=1S/C26H26N2O5/c1-14-3-4-15(2)20(11-14)27-21(29)13-33-26(32)16-7-9-19(10-8-16)28-24(30)22-17-5-6-18(12-17)23(22)25(28)31/h3-4,7-11,17-18,22-23H,5-6,12-13H2,1-2H3,(H,27,29)/t17-,18-,22-,23-/m0/s1. The van der Waals surface area contributed by atoms with Gasteiger partial charge in [-0.25, -0.2) is 4.79 Å². The van der Waals surface area contributed by atoms with Gasteiger partial charge in [0.05, 0.1) is 23.1 Å². The van der Waals surface area contributed by atoms with E-state index in [0.717, 1.165) is 30.4 Å². The van der Waals surface area contributed by atoms with E-state index in [1.54, 1.807) is 12.1 Å². The Morgan fingerprint density at radius 3 is 2.24 bits per heavy atom. The molecule has 33 heavy (non-hydrogen) atoms. The largest absolute Gasteiger partial charge is 0.452 e. The van der Waals surface area contributed by atoms with Crippen molar-refractivity contribution in [2.24, 2.45) is 23.7 Å². The summed E-state index contributed by atoms with van der Waals surface area (Å²) in [4.78, 5) is 51.8. The van der Waals surface area contributed by atoms with Gasteiger partial charge in [-0.15, -0.1) is 0 Å². The molecule has 2 aromatic rings. The number of nitrogens with one attached hydrogen (secondary N) is 1. The molecule has 3 aliphatic rings. The van der Waals surface area contributed by atoms with Crippen LogP contribution in [0, 0.1) is 37.5 Å². The maximum atomic E-state index is 12.9. The second kappa shape index (κ2) is 8.14. The second-order valence-corrected chi connectivity index (χ2v) is 9.39. The maximum absolute atomic E-state index is 12.9. The van der Waals surface area contributed by atoms with Gasteiger partial charge in [-0.2, -0.15) is 0 Å². The molecule has 1 heterocycles. The molecule has 2 saturated carbocycles. The minimum Gasteiger partial charge on any atom is -0.452 e. The van der Waals surface area contributed by atoms with E-state index in [0.29, 0.717) is 23.2 Å². The number of hydrogen-bond acceptors (Lipinski definition) is 5. The van der Waals surface area contributed by atoms with Gasteiger partial charge >= 0.3 is 5.97 Å². The normalized spacial score (nSPS) is 25.3. The number of amides is 3. The van der Waals surface area contributed by atoms with Crippen LogP contribution in [0.15, 0.2) is 42.5 Å². The summed E-state index contributed by atoms with van der Waals surface area (Å²) in [5, 5.41) is 2.75. The number of esters is 1. The summed E-state index contributed by atoms with van der Waals surface area (Å²) in [7, 11) is 0. The fourth-order valence-electron chi connectivity index (χ4n) is 5.68. The van der Waals surface area contributed by atoms with Crippen LogP contribution in [0.3, 0.4) is 0 Å². The molecular weight excluding hydrogens is 420 g/mol. The van der Waals surface area contributed by atoms with E-state index in [1.807, 2.05) is 32.0 Å². The van der Waals surface area contributed by atoms with Crippen molar-refractivity contribution in [3.8, 4) is 0 Å². The van der Waals surface area contributed by atoms with Gasteiger partial charge in [0.1, 0.15) is 0 Å². The number of ether oxygens (including phenoxy) is 1. The fraction of sp³-hybridized carbons (Fsp3) is 0.385. The number of benzene rings is 2. The molecule has 0 aromatic heterocycles. The lowest BCUT2D eigenvalue weighted by molar-refractivity contribution is -0.123. The summed E-state index contributed by atoms with van der Waals surface area (Å²) < 4.78 is 5.14. The van der Waals surface area contributed by atoms with Crippen molar-refractivity contribution in [2.75, 3.05) is 16.8 Å². The molecular formula is C26H26N2O5. The molecule has 2 aliphatic carbocycles. The second-order valence-electron chi connectivity index (χ2n) is 9.39. The Kier molecular flexibility index (Phi) is 5.27. The molecule has 1 aliphatic heterocycles. The van der Waals surface area contributed by atoms with Crippen molar-refractivity contribution >= 4 is 35.1 Å². The van der Waals surface area contributed by atoms with Crippen LogP contribution in [0.4, 0.5) is 11.4 Å². The van der Waals surface area contributed by atoms with Crippen LogP contribution in [0.2, 0.25) is 0 Å². The smallest absolute Gasteiger partial charge is 0.338 e. The summed E-state index contributed by atoms with van der Waals surface area (Å²) in [5.74, 6) is -1.02. The van der Waals surface area contributed by atoms with E-state index in [4.69, 9.17) is 4.74 Å². The highest BCUT2D eigenvalue weighted by Gasteiger charge is 2.61. The predicted octanol–water partition coefficient (Wildman–Crippen LogP) is 3.63. The molecule has 1 saturated heterocycles. The van der Waals surface area contributed by atoms with Gasteiger partial charge in [0.25, 0.3) is 5.91 Å². The number of nitrogens with zero attached hydrogens (tertiary/aromatic N) is 1. The third kappa shape index (κ3) is 3.71. The maximum Gasteiger partial charge on any atom is 0.338 e. The zero-order valence-electron chi connectivity index (χ0n) is 18.7. The number of rotatable bonds is 5. The van der Waals surface area contributed by atoms with Crippen LogP contribution in [-0.4, -0.2) is 30.3 Å². The molecule has 2 aromatic carbocycles. The summed E-state index contributed by atoms with van der Waals surface area (Å²) >= 11 is 0. The lowest BCUT2D eigenvalue weighted by Crippen LogP contribution is -2.32. The fourth-order valence-corrected chi connectivity index (χ4v) is 5.68. The van der Waals surface area contributed by atoms with Crippen molar-refractivity contribution in [2.45, 2.75) is 33.1 Å². The molecule has 4 atom stereocenters. The van der Waals surface area contributed by atoms with Gasteiger partial charge in [0, 0.05) is 5.69 Å². The highest BCUT2D eigenvalue weighted by atomic mass is 16.5. The molecule has 3 amide bonds. The number of carbonyl (C=O) groups excluding carboxylic acids is 4. The third-order valence-electron chi connectivity index (χ3n) is 7.29. The Bertz CT molecular complexity index is 1130. The van der Waals surface area contributed by atoms with E-state index in [2.05, 4.69) is 5.32 Å². The van der Waals surface area contributed by atoms with Gasteiger partial charge in [-0.3, -0.25) is 19.3 Å². The summed E-state index contributed by atoms with van der Waals surface area (Å²) in [6.07, 6.45) is 3.05. The predicted molar refractivity (Wildman–Crippen MR) is 122 cm³/mol. The van der Waals surface area contributed by atoms with Crippen molar-refractivity contribution in [3.63, 3.8) is 0 Å². The van der Waals surface area contributed by atoms with Gasteiger partial charge in [0.2, 0.25) is 11.8 Å². The zero-order valence-corrected chi connectivity index (χ0v) is 18.7. The van der Waals surface area contributed by atoms with E-state index >= 15 is 0 Å². The third-order valence-corrected chi connectivity index (χ3v) is 7.29. The quantitative estimate of drug-likeness (QED) is 0.559. The van der Waals surface area contributed by atoms with Crippen LogP contribution < -0.4 is 10.2 Å². The molecule has 170 valence electrons. The first-order valence-electron chi connectivity index (χ1n) is 11.4. The zero-order chi connectivity index (χ0) is 23.3. The molecule has 5 rings (SSSR count). The average molecular weight is 447 g/mol. The van der Waals surface area contributed by atoms with Gasteiger partial charge < -0.3 is 10.1 Å². The number of fused-ring (bicyclic) bond motifs is 5. The monoisotopic (exact) mass is 446 g/mol. The van der Waals surface area contributed by atoms with Crippen LogP contribution >= 0.6 is 0 Å². The number of imide groups is 1. The first-order valence-corrected chi connectivity index (χ1v) is 11.4. The molecule has 0 unspecified atom stereocenters. The Morgan fingerprint density at radius 1 is 0.970 bits per heavy atom. The first kappa shape index (κ1) is 21.4. The first-order chi connectivity index (χ1) is 15.8. The Labute approximate surface area is 192 Å². The summed E-state index contributed by atoms with van der Waals surface area (Å²) in [5.41, 5.74) is 3.33. The number of carbonyl (C=O) groups is 4. The minimum atomic E-state index is -0.647. The molecule has 2 bridgehead atoms. The number of aryl methyl sites for hydroxylation is 2. The molecule has 7 nitrogen and oxygen atoms in total. The van der Waals surface area contributed by atoms with Crippen molar-refractivity contribution in [3.05, 3.63) is 59.2 Å². The van der Waals surface area contributed by atoms with E-state index in [1.165, 1.54) is 17.0 Å². The Balaban J connectivity index is 1.20. The minimum absolute atomic E-state index is 0.115. The number of anilines is 2. The van der Waals surface area contributed by atoms with Crippen molar-refractivity contribution in [1.29, 1.82) is 0 Å².